The van der Waals surface area contributed by atoms with Crippen molar-refractivity contribution >= 4 is 5.95 Å². The minimum atomic E-state index is 0.833. The zero-order chi connectivity index (χ0) is 11.7. The second-order valence-corrected chi connectivity index (χ2v) is 5.41. The van der Waals surface area contributed by atoms with Crippen LogP contribution in [0.25, 0.3) is 0 Å². The van der Waals surface area contributed by atoms with Crippen LogP contribution in [0.2, 0.25) is 0 Å². The highest BCUT2D eigenvalue weighted by molar-refractivity contribution is 5.26. The Bertz CT molecular complexity index is 376. The molecule has 1 heterocycles. The summed E-state index contributed by atoms with van der Waals surface area (Å²) >= 11 is 0. The van der Waals surface area contributed by atoms with Gasteiger partial charge in [0, 0.05) is 25.5 Å². The van der Waals surface area contributed by atoms with E-state index in [2.05, 4.69) is 21.4 Å². The number of aromatic nitrogens is 2. The predicted octanol–water partition coefficient (Wildman–Crippen LogP) is 2.92. The van der Waals surface area contributed by atoms with Crippen molar-refractivity contribution in [1.29, 1.82) is 0 Å². The van der Waals surface area contributed by atoms with Crippen LogP contribution in [0.4, 0.5) is 5.95 Å². The van der Waals surface area contributed by atoms with Crippen LogP contribution in [-0.4, -0.2) is 16.1 Å². The topological polar surface area (TPSA) is 29.9 Å². The van der Waals surface area contributed by atoms with E-state index in [1.54, 1.807) is 0 Å². The normalized spacial score (nSPS) is 19.6. The maximum atomic E-state index is 4.37. The lowest BCUT2D eigenvalue weighted by Crippen LogP contribution is -2.20. The smallest absolute Gasteiger partial charge is 0.203 e. The maximum Gasteiger partial charge on any atom is 0.203 e. The highest BCUT2D eigenvalue weighted by Gasteiger charge is 2.41. The highest BCUT2D eigenvalue weighted by Crippen LogP contribution is 2.49. The SMILES string of the molecule is C=CCn1ccnc1NCC(C1CC1)C1CC1. The molecular weight excluding hydrogens is 210 g/mol. The Labute approximate surface area is 103 Å². The molecule has 2 aliphatic rings. The van der Waals surface area contributed by atoms with E-state index in [4.69, 9.17) is 0 Å². The Hall–Kier alpha value is -1.25. The molecule has 2 fully saturated rings. The summed E-state index contributed by atoms with van der Waals surface area (Å²) in [7, 11) is 0. The second-order valence-electron chi connectivity index (χ2n) is 5.41. The molecule has 0 bridgehead atoms. The monoisotopic (exact) mass is 231 g/mol. The van der Waals surface area contributed by atoms with Gasteiger partial charge in [0.2, 0.25) is 5.95 Å². The average molecular weight is 231 g/mol. The number of rotatable bonds is 7. The first-order chi connectivity index (χ1) is 8.38. The summed E-state index contributed by atoms with van der Waals surface area (Å²) in [5, 5.41) is 3.52. The van der Waals surface area contributed by atoms with Crippen molar-refractivity contribution < 1.29 is 0 Å². The van der Waals surface area contributed by atoms with Gasteiger partial charge in [0.25, 0.3) is 0 Å². The third-order valence-corrected chi connectivity index (χ3v) is 3.99. The van der Waals surface area contributed by atoms with Crippen LogP contribution in [0.3, 0.4) is 0 Å². The van der Waals surface area contributed by atoms with Crippen molar-refractivity contribution in [2.45, 2.75) is 32.2 Å². The molecule has 0 atom stereocenters. The lowest BCUT2D eigenvalue weighted by molar-refractivity contribution is 0.426. The van der Waals surface area contributed by atoms with Gasteiger partial charge in [0.05, 0.1) is 0 Å². The summed E-state index contributed by atoms with van der Waals surface area (Å²) in [5.74, 6) is 3.88. The fourth-order valence-corrected chi connectivity index (χ4v) is 2.74. The van der Waals surface area contributed by atoms with E-state index in [9.17, 15) is 0 Å². The van der Waals surface area contributed by atoms with Crippen molar-refractivity contribution in [3.63, 3.8) is 0 Å². The number of imidazole rings is 1. The van der Waals surface area contributed by atoms with E-state index in [1.807, 2.05) is 18.5 Å². The first-order valence-electron chi connectivity index (χ1n) is 6.74. The van der Waals surface area contributed by atoms with Gasteiger partial charge in [0.1, 0.15) is 0 Å². The molecule has 0 unspecified atom stereocenters. The molecule has 3 heteroatoms. The minimum absolute atomic E-state index is 0.833. The van der Waals surface area contributed by atoms with E-state index in [1.165, 1.54) is 25.7 Å². The fraction of sp³-hybridized carbons (Fsp3) is 0.643. The van der Waals surface area contributed by atoms with Gasteiger partial charge in [-0.1, -0.05) is 6.08 Å². The van der Waals surface area contributed by atoms with Crippen LogP contribution in [0.1, 0.15) is 25.7 Å². The molecule has 1 aromatic heterocycles. The molecule has 3 nitrogen and oxygen atoms in total. The van der Waals surface area contributed by atoms with Gasteiger partial charge in [-0.15, -0.1) is 6.58 Å². The number of allylic oxidation sites excluding steroid dienone is 1. The summed E-state index contributed by atoms with van der Waals surface area (Å²) in [4.78, 5) is 4.37. The zero-order valence-electron chi connectivity index (χ0n) is 10.3. The Morgan fingerprint density at radius 2 is 2.12 bits per heavy atom. The molecule has 0 radical (unpaired) electrons. The number of hydrogen-bond donors (Lipinski definition) is 1. The second kappa shape index (κ2) is 4.55. The summed E-state index contributed by atoms with van der Waals surface area (Å²) in [6, 6.07) is 0. The summed E-state index contributed by atoms with van der Waals surface area (Å²) in [6.07, 6.45) is 11.6. The predicted molar refractivity (Wildman–Crippen MR) is 69.9 cm³/mol. The van der Waals surface area contributed by atoms with E-state index < -0.39 is 0 Å². The first kappa shape index (κ1) is 10.9. The molecule has 2 saturated carbocycles. The van der Waals surface area contributed by atoms with Crippen LogP contribution < -0.4 is 5.32 Å². The highest BCUT2D eigenvalue weighted by atomic mass is 15.2. The molecule has 92 valence electrons. The largest absolute Gasteiger partial charge is 0.355 e. The van der Waals surface area contributed by atoms with Gasteiger partial charge in [-0.3, -0.25) is 0 Å². The van der Waals surface area contributed by atoms with E-state index in [0.29, 0.717) is 0 Å². The molecule has 1 N–H and O–H groups in total. The van der Waals surface area contributed by atoms with E-state index >= 15 is 0 Å². The zero-order valence-corrected chi connectivity index (χ0v) is 10.3. The summed E-state index contributed by atoms with van der Waals surface area (Å²) in [5.41, 5.74) is 0. The molecule has 0 aromatic carbocycles. The van der Waals surface area contributed by atoms with Crippen molar-refractivity contribution in [1.82, 2.24) is 9.55 Å². The van der Waals surface area contributed by atoms with E-state index in [-0.39, 0.29) is 0 Å². The summed E-state index contributed by atoms with van der Waals surface area (Å²) in [6.45, 7) is 5.71. The molecule has 2 aliphatic carbocycles. The number of anilines is 1. The van der Waals surface area contributed by atoms with Crippen LogP contribution in [0.5, 0.6) is 0 Å². The molecule has 0 aliphatic heterocycles. The third-order valence-electron chi connectivity index (χ3n) is 3.99. The van der Waals surface area contributed by atoms with Crippen molar-refractivity contribution in [2.75, 3.05) is 11.9 Å². The molecule has 0 spiro atoms. The maximum absolute atomic E-state index is 4.37. The lowest BCUT2D eigenvalue weighted by Gasteiger charge is -2.17. The van der Waals surface area contributed by atoms with Crippen molar-refractivity contribution in [3.8, 4) is 0 Å². The van der Waals surface area contributed by atoms with Gasteiger partial charge in [-0.05, 0) is 43.4 Å². The van der Waals surface area contributed by atoms with Gasteiger partial charge >= 0.3 is 0 Å². The number of nitrogens with zero attached hydrogens (tertiary/aromatic N) is 2. The van der Waals surface area contributed by atoms with Crippen LogP contribution in [0, 0.1) is 17.8 Å². The Kier molecular flexibility index (Phi) is 2.91. The van der Waals surface area contributed by atoms with Crippen molar-refractivity contribution in [2.24, 2.45) is 17.8 Å². The van der Waals surface area contributed by atoms with Crippen LogP contribution in [0.15, 0.2) is 25.0 Å². The van der Waals surface area contributed by atoms with Crippen molar-refractivity contribution in [3.05, 3.63) is 25.0 Å². The Morgan fingerprint density at radius 1 is 1.41 bits per heavy atom. The number of nitrogens with one attached hydrogen (secondary N) is 1. The third kappa shape index (κ3) is 2.54. The molecule has 17 heavy (non-hydrogen) atoms. The molecule has 0 saturated heterocycles. The number of hydrogen-bond acceptors (Lipinski definition) is 2. The first-order valence-corrected chi connectivity index (χ1v) is 6.74. The average Bonchev–Trinajstić information content (AvgIpc) is 3.21. The van der Waals surface area contributed by atoms with Crippen LogP contribution >= 0.6 is 0 Å². The van der Waals surface area contributed by atoms with Crippen LogP contribution in [-0.2, 0) is 6.54 Å². The minimum Gasteiger partial charge on any atom is -0.355 e. The Morgan fingerprint density at radius 3 is 2.71 bits per heavy atom. The lowest BCUT2D eigenvalue weighted by atomic mass is 9.98. The standard InChI is InChI=1S/C14H21N3/c1-2-8-17-9-7-15-14(17)16-10-13(11-3-4-11)12-5-6-12/h2,7,9,11-13H,1,3-6,8,10H2,(H,15,16). The van der Waals surface area contributed by atoms with Gasteiger partial charge in [-0.2, -0.15) is 0 Å². The van der Waals surface area contributed by atoms with Gasteiger partial charge in [0.15, 0.2) is 0 Å². The quantitative estimate of drug-likeness (QED) is 0.731. The van der Waals surface area contributed by atoms with E-state index in [0.717, 1.165) is 36.8 Å². The molecular formula is C14H21N3. The Balaban J connectivity index is 1.58. The molecule has 3 rings (SSSR count). The van der Waals surface area contributed by atoms with Gasteiger partial charge in [-0.25, -0.2) is 4.98 Å². The molecule has 0 amide bonds. The summed E-state index contributed by atoms with van der Waals surface area (Å²) < 4.78 is 2.11. The fourth-order valence-electron chi connectivity index (χ4n) is 2.74. The molecule has 1 aromatic rings. The van der Waals surface area contributed by atoms with Gasteiger partial charge < -0.3 is 9.88 Å².